The number of benzene rings is 2. The molecule has 0 atom stereocenters. The molecule has 2 aromatic carbocycles. The first-order valence-electron chi connectivity index (χ1n) is 6.42. The van der Waals surface area contributed by atoms with Gasteiger partial charge in [-0.3, -0.25) is 4.79 Å². The quantitative estimate of drug-likeness (QED) is 0.512. The molecule has 0 unspecified atom stereocenters. The Labute approximate surface area is 138 Å². The fraction of sp³-hybridized carbons (Fsp3) is 0.118. The smallest absolute Gasteiger partial charge is 0.211 e. The third-order valence-electron chi connectivity index (χ3n) is 2.80. The van der Waals surface area contributed by atoms with Gasteiger partial charge in [0.2, 0.25) is 5.12 Å². The third kappa shape index (κ3) is 4.99. The molecule has 2 rings (SSSR count). The van der Waals surface area contributed by atoms with E-state index in [9.17, 15) is 4.79 Å². The Morgan fingerprint density at radius 2 is 1.76 bits per heavy atom. The normalized spacial score (nSPS) is 10.3. The zero-order chi connectivity index (χ0) is 15.1. The number of hydrogen-bond donors (Lipinski definition) is 0. The summed E-state index contributed by atoms with van der Waals surface area (Å²) in [6, 6.07) is 16.7. The zero-order valence-electron chi connectivity index (χ0n) is 11.7. The van der Waals surface area contributed by atoms with Crippen molar-refractivity contribution in [3.63, 3.8) is 0 Å². The van der Waals surface area contributed by atoms with Gasteiger partial charge in [-0.2, -0.15) is 0 Å². The molecule has 0 saturated carbocycles. The third-order valence-corrected chi connectivity index (χ3v) is 5.57. The van der Waals surface area contributed by atoms with Gasteiger partial charge in [0.25, 0.3) is 0 Å². The first-order chi connectivity index (χ1) is 10.2. The highest BCUT2D eigenvalue weighted by Gasteiger charge is 2.06. The van der Waals surface area contributed by atoms with Crippen molar-refractivity contribution in [1.82, 2.24) is 0 Å². The summed E-state index contributed by atoms with van der Waals surface area (Å²) in [7, 11) is 0. The van der Waals surface area contributed by atoms with Gasteiger partial charge in [-0.25, -0.2) is 0 Å². The van der Waals surface area contributed by atoms with Crippen molar-refractivity contribution in [1.29, 1.82) is 0 Å². The van der Waals surface area contributed by atoms with Gasteiger partial charge in [0, 0.05) is 20.4 Å². The van der Waals surface area contributed by atoms with Gasteiger partial charge in [-0.05, 0) is 48.2 Å². The average molecular weight is 333 g/mol. The maximum Gasteiger partial charge on any atom is 0.211 e. The topological polar surface area (TPSA) is 17.1 Å². The van der Waals surface area contributed by atoms with Crippen LogP contribution in [0.4, 0.5) is 0 Å². The van der Waals surface area contributed by atoms with Crippen LogP contribution >= 0.6 is 35.3 Å². The van der Waals surface area contributed by atoms with Crippen LogP contribution in [-0.4, -0.2) is 11.4 Å². The Bertz CT molecular complexity index is 620. The Morgan fingerprint density at radius 3 is 2.43 bits per heavy atom. The molecule has 0 aliphatic carbocycles. The molecule has 0 saturated heterocycles. The van der Waals surface area contributed by atoms with E-state index in [1.54, 1.807) is 23.5 Å². The molecule has 0 amide bonds. The highest BCUT2D eigenvalue weighted by molar-refractivity contribution is 8.13. The molecule has 0 bridgehead atoms. The summed E-state index contributed by atoms with van der Waals surface area (Å²) >= 11 is 4.76. The fourth-order valence-electron chi connectivity index (χ4n) is 1.70. The molecule has 0 heterocycles. The van der Waals surface area contributed by atoms with Gasteiger partial charge in [-0.1, -0.05) is 48.3 Å². The second-order valence-electron chi connectivity index (χ2n) is 4.20. The van der Waals surface area contributed by atoms with Gasteiger partial charge < -0.3 is 0 Å². The van der Waals surface area contributed by atoms with E-state index >= 15 is 0 Å². The molecule has 0 fully saturated rings. The first-order valence-corrected chi connectivity index (χ1v) is 9.44. The lowest BCUT2D eigenvalue weighted by Crippen LogP contribution is -1.89. The van der Waals surface area contributed by atoms with Crippen LogP contribution in [0.25, 0.3) is 0 Å². The van der Waals surface area contributed by atoms with Crippen LogP contribution in [0.3, 0.4) is 0 Å². The van der Waals surface area contributed by atoms with E-state index in [1.807, 2.05) is 12.1 Å². The number of carbonyl (C=O) groups is 1. The highest BCUT2D eigenvalue weighted by Crippen LogP contribution is 2.33. The molecule has 4 heteroatoms. The van der Waals surface area contributed by atoms with Crippen molar-refractivity contribution < 1.29 is 4.79 Å². The lowest BCUT2D eigenvalue weighted by atomic mass is 10.2. The van der Waals surface area contributed by atoms with Crippen molar-refractivity contribution in [2.24, 2.45) is 0 Å². The van der Waals surface area contributed by atoms with Crippen LogP contribution in [0.5, 0.6) is 0 Å². The van der Waals surface area contributed by atoms with Crippen molar-refractivity contribution >= 4 is 40.4 Å². The predicted octanol–water partition coefficient (Wildman–Crippen LogP) is 5.51. The highest BCUT2D eigenvalue weighted by atomic mass is 32.2. The summed E-state index contributed by atoms with van der Waals surface area (Å²) in [5.74, 6) is 0.678. The van der Waals surface area contributed by atoms with Crippen LogP contribution in [0.2, 0.25) is 0 Å². The fourth-order valence-corrected chi connectivity index (χ4v) is 3.81. The van der Waals surface area contributed by atoms with E-state index in [2.05, 4.69) is 49.2 Å². The van der Waals surface area contributed by atoms with E-state index < -0.39 is 0 Å². The molecule has 0 spiro atoms. The van der Waals surface area contributed by atoms with Crippen LogP contribution in [0.1, 0.15) is 5.56 Å². The first kappa shape index (κ1) is 16.3. The minimum atomic E-state index is 0.0131. The number of thioether (sulfide) groups is 2. The summed E-state index contributed by atoms with van der Waals surface area (Å²) in [4.78, 5) is 15.0. The number of carbonyl (C=O) groups excluding carboxylic acids is 1. The van der Waals surface area contributed by atoms with Crippen molar-refractivity contribution in [3.8, 4) is 0 Å². The van der Waals surface area contributed by atoms with Crippen LogP contribution in [-0.2, 0) is 10.5 Å². The molecule has 0 aliphatic heterocycles. The van der Waals surface area contributed by atoms with Crippen molar-refractivity contribution in [2.75, 3.05) is 6.26 Å². The molecule has 0 radical (unpaired) electrons. The molecule has 1 nitrogen and oxygen atoms in total. The average Bonchev–Trinajstić information content (AvgIpc) is 2.54. The monoisotopic (exact) mass is 332 g/mol. The predicted molar refractivity (Wildman–Crippen MR) is 95.3 cm³/mol. The summed E-state index contributed by atoms with van der Waals surface area (Å²) in [6.45, 7) is 3.50. The second-order valence-corrected chi connectivity index (χ2v) is 7.17. The van der Waals surface area contributed by atoms with Gasteiger partial charge in [0.1, 0.15) is 0 Å². The lowest BCUT2D eigenvalue weighted by molar-refractivity contribution is -0.107. The largest absolute Gasteiger partial charge is 0.282 e. The summed E-state index contributed by atoms with van der Waals surface area (Å²) < 4.78 is 0. The van der Waals surface area contributed by atoms with Crippen molar-refractivity contribution in [2.45, 2.75) is 20.4 Å². The molecule has 0 N–H and O–H groups in total. The Kier molecular flexibility index (Phi) is 6.49. The van der Waals surface area contributed by atoms with E-state index in [-0.39, 0.29) is 5.12 Å². The maximum absolute atomic E-state index is 11.4. The molecular formula is C17H16OS3. The summed E-state index contributed by atoms with van der Waals surface area (Å²) in [5.41, 5.74) is 1.18. The van der Waals surface area contributed by atoms with Crippen LogP contribution in [0, 0.1) is 0 Å². The van der Waals surface area contributed by atoms with E-state index in [0.717, 1.165) is 0 Å². The minimum Gasteiger partial charge on any atom is -0.282 e. The van der Waals surface area contributed by atoms with E-state index in [4.69, 9.17) is 0 Å². The summed E-state index contributed by atoms with van der Waals surface area (Å²) in [6.07, 6.45) is 3.44. The van der Waals surface area contributed by atoms with Gasteiger partial charge >= 0.3 is 0 Å². The molecule has 0 aromatic heterocycles. The molecular weight excluding hydrogens is 316 g/mol. The van der Waals surface area contributed by atoms with Crippen LogP contribution < -0.4 is 0 Å². The standard InChI is InChI=1S/C17H16OS3/c1-3-17(18)20-12-13-6-4-5-7-16(13)21-15-10-8-14(19-2)9-11-15/h3-11H,1,12H2,2H3. The molecule has 2 aromatic rings. The summed E-state index contributed by atoms with van der Waals surface area (Å²) in [5, 5.41) is 0.0131. The SMILES string of the molecule is C=CC(=O)SCc1ccccc1Sc1ccc(SC)cc1. The molecule has 21 heavy (non-hydrogen) atoms. The number of rotatable bonds is 6. The van der Waals surface area contributed by atoms with Gasteiger partial charge in [-0.15, -0.1) is 11.8 Å². The number of hydrogen-bond acceptors (Lipinski definition) is 4. The lowest BCUT2D eigenvalue weighted by Gasteiger charge is -2.08. The Balaban J connectivity index is 2.11. The second kappa shape index (κ2) is 8.37. The zero-order valence-corrected chi connectivity index (χ0v) is 14.2. The molecule has 0 aliphatic rings. The Hall–Kier alpha value is -1.10. The van der Waals surface area contributed by atoms with Crippen molar-refractivity contribution in [3.05, 3.63) is 66.7 Å². The van der Waals surface area contributed by atoms with Gasteiger partial charge in [0.05, 0.1) is 0 Å². The minimum absolute atomic E-state index is 0.0131. The van der Waals surface area contributed by atoms with E-state index in [1.165, 1.54) is 38.1 Å². The molecule has 108 valence electrons. The van der Waals surface area contributed by atoms with Gasteiger partial charge in [0.15, 0.2) is 0 Å². The maximum atomic E-state index is 11.4. The van der Waals surface area contributed by atoms with Crippen LogP contribution in [0.15, 0.2) is 75.9 Å². The Morgan fingerprint density at radius 1 is 1.10 bits per heavy atom. The van der Waals surface area contributed by atoms with E-state index in [0.29, 0.717) is 5.75 Å².